The highest BCUT2D eigenvalue weighted by Gasteiger charge is 2.12. The highest BCUT2D eigenvalue weighted by Crippen LogP contribution is 2.35. The van der Waals surface area contributed by atoms with Crippen molar-refractivity contribution in [2.75, 3.05) is 0 Å². The average Bonchev–Trinajstić information content (AvgIpc) is 3.13. The molecule has 1 aromatic heterocycles. The number of rotatable bonds is 5. The SMILES string of the molecule is CCCCc1ccc2cc(-c3ccc(-c4cc(F)c(F)c(F)c4)cc3)sc2c1. The summed E-state index contributed by atoms with van der Waals surface area (Å²) in [7, 11) is 0. The molecule has 0 radical (unpaired) electrons. The zero-order valence-corrected chi connectivity index (χ0v) is 16.3. The van der Waals surface area contributed by atoms with Gasteiger partial charge in [-0.05, 0) is 64.7 Å². The molecule has 4 aromatic rings. The summed E-state index contributed by atoms with van der Waals surface area (Å²) in [6.45, 7) is 2.19. The van der Waals surface area contributed by atoms with Gasteiger partial charge in [0, 0.05) is 9.58 Å². The molecule has 0 atom stereocenters. The summed E-state index contributed by atoms with van der Waals surface area (Å²) in [6.07, 6.45) is 3.47. The fraction of sp³-hybridized carbons (Fsp3) is 0.167. The van der Waals surface area contributed by atoms with E-state index in [4.69, 9.17) is 0 Å². The van der Waals surface area contributed by atoms with E-state index < -0.39 is 17.5 Å². The Morgan fingerprint density at radius 1 is 0.750 bits per heavy atom. The van der Waals surface area contributed by atoms with Gasteiger partial charge in [0.2, 0.25) is 0 Å². The fourth-order valence-corrected chi connectivity index (χ4v) is 4.44. The first-order chi connectivity index (χ1) is 13.5. The number of thiophene rings is 1. The molecule has 0 saturated heterocycles. The van der Waals surface area contributed by atoms with Crippen LogP contribution in [0.15, 0.2) is 60.7 Å². The third-order valence-electron chi connectivity index (χ3n) is 4.89. The van der Waals surface area contributed by atoms with Crippen molar-refractivity contribution in [2.24, 2.45) is 0 Å². The summed E-state index contributed by atoms with van der Waals surface area (Å²) in [5.74, 6) is -3.80. The number of halogens is 3. The maximum atomic E-state index is 13.5. The van der Waals surface area contributed by atoms with E-state index in [-0.39, 0.29) is 0 Å². The summed E-state index contributed by atoms with van der Waals surface area (Å²) in [4.78, 5) is 1.14. The Balaban J connectivity index is 1.63. The maximum absolute atomic E-state index is 13.5. The maximum Gasteiger partial charge on any atom is 0.194 e. The molecule has 0 fully saturated rings. The molecule has 0 spiro atoms. The number of hydrogen-bond donors (Lipinski definition) is 0. The van der Waals surface area contributed by atoms with Crippen LogP contribution in [0.1, 0.15) is 25.3 Å². The molecule has 0 nitrogen and oxygen atoms in total. The summed E-state index contributed by atoms with van der Waals surface area (Å²) < 4.78 is 41.4. The molecule has 0 bridgehead atoms. The van der Waals surface area contributed by atoms with Crippen molar-refractivity contribution in [2.45, 2.75) is 26.2 Å². The molecule has 0 unspecified atom stereocenters. The number of benzene rings is 3. The van der Waals surface area contributed by atoms with E-state index in [2.05, 4.69) is 31.2 Å². The summed E-state index contributed by atoms with van der Waals surface area (Å²) in [6, 6.07) is 18.3. The Bertz CT molecular complexity index is 1100. The molecule has 4 heteroatoms. The Kier molecular flexibility index (Phi) is 5.23. The predicted octanol–water partition coefficient (Wildman–Crippen LogP) is 8.00. The van der Waals surface area contributed by atoms with Crippen molar-refractivity contribution in [1.82, 2.24) is 0 Å². The van der Waals surface area contributed by atoms with Crippen molar-refractivity contribution in [3.8, 4) is 21.6 Å². The Morgan fingerprint density at radius 2 is 1.43 bits per heavy atom. The topological polar surface area (TPSA) is 0 Å². The zero-order valence-electron chi connectivity index (χ0n) is 15.4. The van der Waals surface area contributed by atoms with Gasteiger partial charge in [-0.2, -0.15) is 0 Å². The van der Waals surface area contributed by atoms with Crippen LogP contribution in [0.2, 0.25) is 0 Å². The van der Waals surface area contributed by atoms with Gasteiger partial charge in [-0.3, -0.25) is 0 Å². The van der Waals surface area contributed by atoms with Gasteiger partial charge in [0.15, 0.2) is 17.5 Å². The van der Waals surface area contributed by atoms with Crippen LogP contribution in [0.4, 0.5) is 13.2 Å². The first-order valence-electron chi connectivity index (χ1n) is 9.33. The van der Waals surface area contributed by atoms with Crippen LogP contribution in [-0.2, 0) is 6.42 Å². The van der Waals surface area contributed by atoms with Crippen molar-refractivity contribution in [1.29, 1.82) is 0 Å². The van der Waals surface area contributed by atoms with Crippen molar-refractivity contribution in [3.05, 3.63) is 83.7 Å². The summed E-state index contributed by atoms with van der Waals surface area (Å²) in [5, 5.41) is 1.21. The van der Waals surface area contributed by atoms with E-state index in [0.717, 1.165) is 29.0 Å². The lowest BCUT2D eigenvalue weighted by Crippen LogP contribution is -1.91. The van der Waals surface area contributed by atoms with Gasteiger partial charge < -0.3 is 0 Å². The van der Waals surface area contributed by atoms with Crippen LogP contribution in [0, 0.1) is 17.5 Å². The lowest BCUT2D eigenvalue weighted by Gasteiger charge is -2.05. The minimum Gasteiger partial charge on any atom is -0.204 e. The van der Waals surface area contributed by atoms with E-state index >= 15 is 0 Å². The van der Waals surface area contributed by atoms with Gasteiger partial charge in [0.05, 0.1) is 0 Å². The molecule has 0 aliphatic heterocycles. The largest absolute Gasteiger partial charge is 0.204 e. The molecule has 1 heterocycles. The molecule has 142 valence electrons. The first kappa shape index (κ1) is 18.8. The second-order valence-electron chi connectivity index (χ2n) is 6.92. The van der Waals surface area contributed by atoms with E-state index in [9.17, 15) is 13.2 Å². The van der Waals surface area contributed by atoms with Gasteiger partial charge in [0.1, 0.15) is 0 Å². The van der Waals surface area contributed by atoms with Crippen molar-refractivity contribution >= 4 is 21.4 Å². The van der Waals surface area contributed by atoms with Gasteiger partial charge in [0.25, 0.3) is 0 Å². The molecule has 0 N–H and O–H groups in total. The number of fused-ring (bicyclic) bond motifs is 1. The Hall–Kier alpha value is -2.59. The monoisotopic (exact) mass is 396 g/mol. The molecule has 4 rings (SSSR count). The van der Waals surface area contributed by atoms with Gasteiger partial charge in [-0.1, -0.05) is 49.7 Å². The van der Waals surface area contributed by atoms with E-state index in [1.807, 2.05) is 12.1 Å². The third kappa shape index (κ3) is 3.69. The summed E-state index contributed by atoms with van der Waals surface area (Å²) in [5.41, 5.74) is 3.37. The minimum atomic E-state index is -1.44. The molecular weight excluding hydrogens is 377 g/mol. The highest BCUT2D eigenvalue weighted by molar-refractivity contribution is 7.22. The molecule has 0 saturated carbocycles. The lowest BCUT2D eigenvalue weighted by molar-refractivity contribution is 0.448. The molecular formula is C24H19F3S. The van der Waals surface area contributed by atoms with Crippen LogP contribution in [0.5, 0.6) is 0 Å². The fourth-order valence-electron chi connectivity index (χ4n) is 3.30. The number of aryl methyl sites for hydroxylation is 1. The van der Waals surface area contributed by atoms with Crippen LogP contribution < -0.4 is 0 Å². The quantitative estimate of drug-likeness (QED) is 0.300. The summed E-state index contributed by atoms with van der Waals surface area (Å²) >= 11 is 1.74. The normalized spacial score (nSPS) is 11.3. The molecule has 28 heavy (non-hydrogen) atoms. The van der Waals surface area contributed by atoms with Gasteiger partial charge in [-0.25, -0.2) is 13.2 Å². The van der Waals surface area contributed by atoms with E-state index in [0.29, 0.717) is 11.1 Å². The second kappa shape index (κ2) is 7.80. The van der Waals surface area contributed by atoms with Crippen molar-refractivity contribution < 1.29 is 13.2 Å². The molecule has 0 aliphatic carbocycles. The van der Waals surface area contributed by atoms with Crippen molar-refractivity contribution in [3.63, 3.8) is 0 Å². The molecule has 3 aromatic carbocycles. The second-order valence-corrected chi connectivity index (χ2v) is 8.00. The van der Waals surface area contributed by atoms with E-state index in [1.165, 1.54) is 28.5 Å². The first-order valence-corrected chi connectivity index (χ1v) is 10.1. The highest BCUT2D eigenvalue weighted by atomic mass is 32.1. The van der Waals surface area contributed by atoms with Gasteiger partial charge >= 0.3 is 0 Å². The third-order valence-corrected chi connectivity index (χ3v) is 6.04. The Labute approximate surface area is 166 Å². The smallest absolute Gasteiger partial charge is 0.194 e. The van der Waals surface area contributed by atoms with E-state index in [1.54, 1.807) is 23.5 Å². The van der Waals surface area contributed by atoms with Crippen LogP contribution in [0.25, 0.3) is 31.7 Å². The standard InChI is InChI=1S/C24H19F3S/c1-2-3-4-15-5-6-18-14-23(28-22(18)11-15)17-9-7-16(8-10-17)19-12-20(25)24(27)21(26)13-19/h5-14H,2-4H2,1H3. The lowest BCUT2D eigenvalue weighted by atomic mass is 10.0. The predicted molar refractivity (Wildman–Crippen MR) is 111 cm³/mol. The van der Waals surface area contributed by atoms with Crippen LogP contribution in [0.3, 0.4) is 0 Å². The molecule has 0 aliphatic rings. The molecule has 0 amide bonds. The average molecular weight is 396 g/mol. The van der Waals surface area contributed by atoms with Gasteiger partial charge in [-0.15, -0.1) is 11.3 Å². The minimum absolute atomic E-state index is 0.319. The Morgan fingerprint density at radius 3 is 2.11 bits per heavy atom. The van der Waals surface area contributed by atoms with Crippen LogP contribution >= 0.6 is 11.3 Å². The number of hydrogen-bond acceptors (Lipinski definition) is 1. The zero-order chi connectivity index (χ0) is 19.7. The number of unbranched alkanes of at least 4 members (excludes halogenated alkanes) is 1. The van der Waals surface area contributed by atoms with Crippen LogP contribution in [-0.4, -0.2) is 0 Å².